The number of hydrogen-bond donors (Lipinski definition) is 2. The summed E-state index contributed by atoms with van der Waals surface area (Å²) < 4.78 is 15.5. The molecule has 1 unspecified atom stereocenters. The minimum absolute atomic E-state index is 0.0492. The van der Waals surface area contributed by atoms with Crippen LogP contribution in [-0.2, 0) is 14.3 Å². The van der Waals surface area contributed by atoms with Gasteiger partial charge >= 0.3 is 5.97 Å². The van der Waals surface area contributed by atoms with Gasteiger partial charge < -0.3 is 24.8 Å². The number of methoxy groups -OCH3 is 2. The number of anilines is 1. The average Bonchev–Trinajstić information content (AvgIpc) is 3.29. The SMILES string of the molecule is COc1ccc(C(=O)COC(=O)c2ccc(NC(=O)CC3SC(=Nc4ccccc4)NC3=O)cc2)cc1OC. The van der Waals surface area contributed by atoms with Crippen LogP contribution in [0.5, 0.6) is 11.5 Å². The molecular formula is C28H25N3O7S. The number of Topliss-reactive ketones (excluding diaryl/α,β-unsaturated/α-hetero) is 1. The first kappa shape index (κ1) is 27.4. The number of esters is 1. The molecule has 39 heavy (non-hydrogen) atoms. The van der Waals surface area contributed by atoms with Crippen LogP contribution >= 0.6 is 11.8 Å². The molecule has 0 aliphatic carbocycles. The van der Waals surface area contributed by atoms with E-state index in [9.17, 15) is 19.2 Å². The van der Waals surface area contributed by atoms with E-state index in [0.29, 0.717) is 33.6 Å². The van der Waals surface area contributed by atoms with Crippen molar-refractivity contribution >= 4 is 51.9 Å². The fourth-order valence-electron chi connectivity index (χ4n) is 3.59. The third-order valence-corrected chi connectivity index (χ3v) is 6.66. The number of ether oxygens (including phenoxy) is 3. The molecule has 1 fully saturated rings. The molecule has 1 atom stereocenters. The molecule has 4 rings (SSSR count). The lowest BCUT2D eigenvalue weighted by molar-refractivity contribution is -0.122. The van der Waals surface area contributed by atoms with Crippen molar-refractivity contribution in [3.05, 3.63) is 83.9 Å². The van der Waals surface area contributed by atoms with E-state index in [1.165, 1.54) is 56.3 Å². The molecule has 11 heteroatoms. The molecule has 1 saturated heterocycles. The van der Waals surface area contributed by atoms with Crippen molar-refractivity contribution in [3.8, 4) is 11.5 Å². The van der Waals surface area contributed by atoms with Gasteiger partial charge in [0.05, 0.1) is 25.5 Å². The molecule has 1 aliphatic heterocycles. The standard InChI is InChI=1S/C28H25N3O7S/c1-36-22-13-10-18(14-23(22)37-2)21(32)16-38-27(35)17-8-11-20(12-9-17)29-25(33)15-24-26(34)31-28(39-24)30-19-6-4-3-5-7-19/h3-14,24H,15-16H2,1-2H3,(H,29,33)(H,30,31,34). The van der Waals surface area contributed by atoms with Gasteiger partial charge in [-0.05, 0) is 54.6 Å². The maximum Gasteiger partial charge on any atom is 0.338 e. The van der Waals surface area contributed by atoms with Crippen LogP contribution in [0.3, 0.4) is 0 Å². The number of ketones is 1. The normalized spacial score (nSPS) is 15.4. The van der Waals surface area contributed by atoms with E-state index < -0.39 is 23.6 Å². The van der Waals surface area contributed by atoms with Gasteiger partial charge in [0.1, 0.15) is 5.25 Å². The van der Waals surface area contributed by atoms with Gasteiger partial charge in [0.2, 0.25) is 11.8 Å². The van der Waals surface area contributed by atoms with Gasteiger partial charge in [-0.15, -0.1) is 0 Å². The number of para-hydroxylation sites is 1. The van der Waals surface area contributed by atoms with Crippen LogP contribution in [-0.4, -0.2) is 54.8 Å². The second kappa shape index (κ2) is 12.7. The topological polar surface area (TPSA) is 132 Å². The zero-order valence-electron chi connectivity index (χ0n) is 21.1. The molecule has 2 amide bonds. The van der Waals surface area contributed by atoms with Crippen LogP contribution in [0, 0.1) is 0 Å². The van der Waals surface area contributed by atoms with Crippen molar-refractivity contribution < 1.29 is 33.4 Å². The molecule has 0 radical (unpaired) electrons. The summed E-state index contributed by atoms with van der Waals surface area (Å²) in [6.07, 6.45) is -0.0492. The van der Waals surface area contributed by atoms with Crippen LogP contribution in [0.2, 0.25) is 0 Å². The molecule has 3 aromatic carbocycles. The second-order valence-corrected chi connectivity index (χ2v) is 9.44. The molecule has 2 N–H and O–H groups in total. The highest BCUT2D eigenvalue weighted by atomic mass is 32.2. The van der Waals surface area contributed by atoms with Gasteiger partial charge in [0.25, 0.3) is 0 Å². The maximum absolute atomic E-state index is 12.5. The number of amidine groups is 1. The minimum atomic E-state index is -0.689. The number of benzene rings is 3. The molecule has 1 heterocycles. The molecule has 1 aliphatic rings. The lowest BCUT2D eigenvalue weighted by Gasteiger charge is -2.10. The summed E-state index contributed by atoms with van der Waals surface area (Å²) >= 11 is 1.20. The number of nitrogens with zero attached hydrogens (tertiary/aromatic N) is 1. The molecule has 10 nitrogen and oxygen atoms in total. The number of rotatable bonds is 10. The highest BCUT2D eigenvalue weighted by Gasteiger charge is 2.32. The summed E-state index contributed by atoms with van der Waals surface area (Å²) in [6.45, 7) is -0.455. The van der Waals surface area contributed by atoms with Gasteiger partial charge in [-0.25, -0.2) is 9.79 Å². The van der Waals surface area contributed by atoms with E-state index in [-0.39, 0.29) is 23.8 Å². The fraction of sp³-hybridized carbons (Fsp3) is 0.179. The Labute approximate surface area is 228 Å². The van der Waals surface area contributed by atoms with E-state index in [0.717, 1.165) is 0 Å². The predicted molar refractivity (Wildman–Crippen MR) is 147 cm³/mol. The van der Waals surface area contributed by atoms with Gasteiger partial charge in [-0.3, -0.25) is 14.4 Å². The molecule has 0 spiro atoms. The molecular weight excluding hydrogens is 522 g/mol. The Hall–Kier alpha value is -4.64. The Bertz CT molecular complexity index is 1410. The first-order chi connectivity index (χ1) is 18.9. The molecule has 0 bridgehead atoms. The fourth-order valence-corrected chi connectivity index (χ4v) is 4.58. The summed E-state index contributed by atoms with van der Waals surface area (Å²) in [5.41, 5.74) is 1.67. The smallest absolute Gasteiger partial charge is 0.338 e. The van der Waals surface area contributed by atoms with E-state index in [4.69, 9.17) is 14.2 Å². The third kappa shape index (κ3) is 7.23. The number of amides is 2. The first-order valence-corrected chi connectivity index (χ1v) is 12.7. The lowest BCUT2D eigenvalue weighted by Crippen LogP contribution is -2.28. The molecule has 3 aromatic rings. The van der Waals surface area contributed by atoms with Gasteiger partial charge in [0, 0.05) is 17.7 Å². The van der Waals surface area contributed by atoms with E-state index in [1.807, 2.05) is 30.3 Å². The van der Waals surface area contributed by atoms with Gasteiger partial charge in [0.15, 0.2) is 29.1 Å². The minimum Gasteiger partial charge on any atom is -0.493 e. The largest absolute Gasteiger partial charge is 0.493 e. The van der Waals surface area contributed by atoms with E-state index in [2.05, 4.69) is 15.6 Å². The number of carbonyl (C=O) groups is 4. The van der Waals surface area contributed by atoms with Crippen LogP contribution in [0.25, 0.3) is 0 Å². The first-order valence-electron chi connectivity index (χ1n) is 11.8. The lowest BCUT2D eigenvalue weighted by atomic mass is 10.1. The average molecular weight is 548 g/mol. The highest BCUT2D eigenvalue weighted by molar-refractivity contribution is 8.15. The maximum atomic E-state index is 12.5. The Kier molecular flexibility index (Phi) is 8.95. The van der Waals surface area contributed by atoms with Crippen molar-refractivity contribution in [1.82, 2.24) is 5.32 Å². The Balaban J connectivity index is 1.26. The molecule has 0 aromatic heterocycles. The van der Waals surface area contributed by atoms with Gasteiger partial charge in [-0.2, -0.15) is 0 Å². The monoisotopic (exact) mass is 547 g/mol. The predicted octanol–water partition coefficient (Wildman–Crippen LogP) is 3.99. The molecule has 0 saturated carbocycles. The summed E-state index contributed by atoms with van der Waals surface area (Å²) in [4.78, 5) is 54.0. The van der Waals surface area contributed by atoms with Crippen LogP contribution < -0.4 is 20.1 Å². The third-order valence-electron chi connectivity index (χ3n) is 5.58. The van der Waals surface area contributed by atoms with Crippen molar-refractivity contribution in [1.29, 1.82) is 0 Å². The van der Waals surface area contributed by atoms with Crippen molar-refractivity contribution in [2.75, 3.05) is 26.1 Å². The van der Waals surface area contributed by atoms with Crippen molar-refractivity contribution in [2.24, 2.45) is 4.99 Å². The van der Waals surface area contributed by atoms with Crippen molar-refractivity contribution in [3.63, 3.8) is 0 Å². The summed E-state index contributed by atoms with van der Waals surface area (Å²) in [5.74, 6) is -0.875. The number of carbonyl (C=O) groups excluding carboxylic acids is 4. The van der Waals surface area contributed by atoms with E-state index in [1.54, 1.807) is 12.1 Å². The Morgan fingerprint density at radius 3 is 2.31 bits per heavy atom. The highest BCUT2D eigenvalue weighted by Crippen LogP contribution is 2.28. The molecule has 200 valence electrons. The van der Waals surface area contributed by atoms with E-state index >= 15 is 0 Å². The van der Waals surface area contributed by atoms with Crippen LogP contribution in [0.4, 0.5) is 11.4 Å². The summed E-state index contributed by atoms with van der Waals surface area (Å²) in [5, 5.41) is 5.24. The Morgan fingerprint density at radius 1 is 0.923 bits per heavy atom. The van der Waals surface area contributed by atoms with Crippen LogP contribution in [0.1, 0.15) is 27.1 Å². The van der Waals surface area contributed by atoms with Crippen LogP contribution in [0.15, 0.2) is 77.8 Å². The quantitative estimate of drug-likeness (QED) is 0.288. The number of nitrogens with one attached hydrogen (secondary N) is 2. The number of aliphatic imine (C=N–C) groups is 1. The summed E-state index contributed by atoms with van der Waals surface area (Å²) in [6, 6.07) is 19.9. The van der Waals surface area contributed by atoms with Gasteiger partial charge in [-0.1, -0.05) is 30.0 Å². The zero-order chi connectivity index (χ0) is 27.8. The zero-order valence-corrected chi connectivity index (χ0v) is 21.9. The van der Waals surface area contributed by atoms with Crippen molar-refractivity contribution in [2.45, 2.75) is 11.7 Å². The summed E-state index contributed by atoms with van der Waals surface area (Å²) in [7, 11) is 2.95. The number of thioether (sulfide) groups is 1. The second-order valence-electron chi connectivity index (χ2n) is 8.25. The Morgan fingerprint density at radius 2 is 1.62 bits per heavy atom. The number of hydrogen-bond acceptors (Lipinski definition) is 9.